The molecule has 0 spiro atoms. The Labute approximate surface area is 125 Å². The van der Waals surface area contributed by atoms with Crippen LogP contribution < -0.4 is 10.1 Å². The molecule has 1 amide bonds. The SMILES string of the molecule is Cc1nc2cc(NC(=O)COc3cccc(F)c3)ccc2o1. The molecule has 0 saturated heterocycles. The van der Waals surface area contributed by atoms with Crippen molar-refractivity contribution in [2.75, 3.05) is 11.9 Å². The molecule has 1 aromatic heterocycles. The van der Waals surface area contributed by atoms with E-state index in [1.54, 1.807) is 31.2 Å². The van der Waals surface area contributed by atoms with E-state index in [2.05, 4.69) is 10.3 Å². The first-order valence-corrected chi connectivity index (χ1v) is 6.65. The molecule has 1 N–H and O–H groups in total. The number of hydrogen-bond acceptors (Lipinski definition) is 4. The Kier molecular flexibility index (Phi) is 3.74. The van der Waals surface area contributed by atoms with Crippen molar-refractivity contribution in [3.05, 3.63) is 54.2 Å². The highest BCUT2D eigenvalue weighted by molar-refractivity contribution is 5.93. The van der Waals surface area contributed by atoms with E-state index in [-0.39, 0.29) is 12.5 Å². The van der Waals surface area contributed by atoms with Crippen molar-refractivity contribution < 1.29 is 18.3 Å². The fourth-order valence-corrected chi connectivity index (χ4v) is 2.02. The van der Waals surface area contributed by atoms with Crippen LogP contribution in [0.4, 0.5) is 10.1 Å². The molecule has 0 bridgehead atoms. The normalized spacial score (nSPS) is 10.6. The van der Waals surface area contributed by atoms with Crippen LogP contribution in [0.25, 0.3) is 11.1 Å². The maximum atomic E-state index is 13.0. The summed E-state index contributed by atoms with van der Waals surface area (Å²) >= 11 is 0. The molecular weight excluding hydrogens is 287 g/mol. The Morgan fingerprint density at radius 3 is 3.00 bits per heavy atom. The molecule has 0 radical (unpaired) electrons. The molecular formula is C16H13FN2O3. The van der Waals surface area contributed by atoms with Crippen LogP contribution in [0.1, 0.15) is 5.89 Å². The molecule has 6 heteroatoms. The third-order valence-electron chi connectivity index (χ3n) is 2.94. The third kappa shape index (κ3) is 3.22. The van der Waals surface area contributed by atoms with Crippen molar-refractivity contribution in [3.63, 3.8) is 0 Å². The molecule has 112 valence electrons. The summed E-state index contributed by atoms with van der Waals surface area (Å²) in [6, 6.07) is 10.8. The maximum Gasteiger partial charge on any atom is 0.262 e. The number of fused-ring (bicyclic) bond motifs is 1. The van der Waals surface area contributed by atoms with E-state index in [0.29, 0.717) is 28.4 Å². The summed E-state index contributed by atoms with van der Waals surface area (Å²) in [5, 5.41) is 2.69. The summed E-state index contributed by atoms with van der Waals surface area (Å²) < 4.78 is 23.6. The summed E-state index contributed by atoms with van der Waals surface area (Å²) in [6.07, 6.45) is 0. The van der Waals surface area contributed by atoms with Gasteiger partial charge in [0.1, 0.15) is 17.1 Å². The quantitative estimate of drug-likeness (QED) is 0.803. The molecule has 3 aromatic rings. The van der Waals surface area contributed by atoms with Crippen LogP contribution in [-0.2, 0) is 4.79 Å². The van der Waals surface area contributed by atoms with Crippen LogP contribution in [0.2, 0.25) is 0 Å². The summed E-state index contributed by atoms with van der Waals surface area (Å²) in [6.45, 7) is 1.55. The first-order valence-electron chi connectivity index (χ1n) is 6.65. The average Bonchev–Trinajstić information content (AvgIpc) is 2.84. The van der Waals surface area contributed by atoms with Gasteiger partial charge < -0.3 is 14.5 Å². The van der Waals surface area contributed by atoms with E-state index >= 15 is 0 Å². The van der Waals surface area contributed by atoms with Crippen molar-refractivity contribution in [2.45, 2.75) is 6.92 Å². The van der Waals surface area contributed by atoms with Crippen molar-refractivity contribution in [1.29, 1.82) is 0 Å². The predicted octanol–water partition coefficient (Wildman–Crippen LogP) is 3.29. The number of carbonyl (C=O) groups excluding carboxylic acids is 1. The lowest BCUT2D eigenvalue weighted by Gasteiger charge is -2.07. The van der Waals surface area contributed by atoms with Crippen molar-refractivity contribution in [3.8, 4) is 5.75 Å². The van der Waals surface area contributed by atoms with Gasteiger partial charge in [0.15, 0.2) is 18.1 Å². The Morgan fingerprint density at radius 2 is 2.18 bits per heavy atom. The minimum atomic E-state index is -0.412. The number of nitrogens with zero attached hydrogens (tertiary/aromatic N) is 1. The number of oxazole rings is 1. The smallest absolute Gasteiger partial charge is 0.262 e. The fraction of sp³-hybridized carbons (Fsp3) is 0.125. The minimum Gasteiger partial charge on any atom is -0.484 e. The Bertz CT molecular complexity index is 829. The van der Waals surface area contributed by atoms with Gasteiger partial charge in [-0.25, -0.2) is 9.37 Å². The standard InChI is InChI=1S/C16H13FN2O3/c1-10-18-14-8-12(5-6-15(14)22-10)19-16(20)9-21-13-4-2-3-11(17)7-13/h2-8H,9H2,1H3,(H,19,20). The van der Waals surface area contributed by atoms with Crippen molar-refractivity contribution in [2.24, 2.45) is 0 Å². The average molecular weight is 300 g/mol. The highest BCUT2D eigenvalue weighted by Gasteiger charge is 2.07. The highest BCUT2D eigenvalue weighted by Crippen LogP contribution is 2.19. The molecule has 0 aliphatic rings. The van der Waals surface area contributed by atoms with E-state index in [4.69, 9.17) is 9.15 Å². The van der Waals surface area contributed by atoms with Gasteiger partial charge in [-0.3, -0.25) is 4.79 Å². The maximum absolute atomic E-state index is 13.0. The number of amides is 1. The van der Waals surface area contributed by atoms with Gasteiger partial charge in [-0.2, -0.15) is 0 Å². The number of anilines is 1. The summed E-state index contributed by atoms with van der Waals surface area (Å²) in [5.74, 6) is 0.110. The number of benzene rings is 2. The number of aromatic nitrogens is 1. The van der Waals surface area contributed by atoms with E-state index in [1.165, 1.54) is 18.2 Å². The lowest BCUT2D eigenvalue weighted by atomic mass is 10.3. The summed E-state index contributed by atoms with van der Waals surface area (Å²) in [7, 11) is 0. The Hall–Kier alpha value is -2.89. The first kappa shape index (κ1) is 14.1. The van der Waals surface area contributed by atoms with Crippen molar-refractivity contribution in [1.82, 2.24) is 4.98 Å². The van der Waals surface area contributed by atoms with Crippen LogP contribution in [0.5, 0.6) is 5.75 Å². The number of aryl methyl sites for hydroxylation is 1. The highest BCUT2D eigenvalue weighted by atomic mass is 19.1. The topological polar surface area (TPSA) is 64.4 Å². The molecule has 0 aliphatic heterocycles. The number of rotatable bonds is 4. The Balaban J connectivity index is 1.62. The molecule has 1 heterocycles. The van der Waals surface area contributed by atoms with Gasteiger partial charge in [0.2, 0.25) is 0 Å². The fourth-order valence-electron chi connectivity index (χ4n) is 2.02. The third-order valence-corrected chi connectivity index (χ3v) is 2.94. The van der Waals surface area contributed by atoms with Gasteiger partial charge in [-0.15, -0.1) is 0 Å². The second-order valence-electron chi connectivity index (χ2n) is 4.71. The minimum absolute atomic E-state index is 0.209. The monoisotopic (exact) mass is 300 g/mol. The number of ether oxygens (including phenoxy) is 1. The second kappa shape index (κ2) is 5.85. The van der Waals surface area contributed by atoms with Gasteiger partial charge in [0, 0.05) is 18.7 Å². The lowest BCUT2D eigenvalue weighted by molar-refractivity contribution is -0.118. The van der Waals surface area contributed by atoms with Crippen LogP contribution in [0.3, 0.4) is 0 Å². The van der Waals surface area contributed by atoms with Gasteiger partial charge in [0.25, 0.3) is 5.91 Å². The van der Waals surface area contributed by atoms with Crippen LogP contribution in [-0.4, -0.2) is 17.5 Å². The molecule has 5 nitrogen and oxygen atoms in total. The first-order chi connectivity index (χ1) is 10.6. The summed E-state index contributed by atoms with van der Waals surface area (Å²) in [5.41, 5.74) is 1.92. The zero-order valence-corrected chi connectivity index (χ0v) is 11.8. The molecule has 0 atom stereocenters. The largest absolute Gasteiger partial charge is 0.484 e. The molecule has 0 fully saturated rings. The number of carbonyl (C=O) groups is 1. The predicted molar refractivity (Wildman–Crippen MR) is 79.3 cm³/mol. The number of nitrogens with one attached hydrogen (secondary N) is 1. The van der Waals surface area contributed by atoms with Crippen molar-refractivity contribution >= 4 is 22.7 Å². The van der Waals surface area contributed by atoms with Crippen LogP contribution in [0.15, 0.2) is 46.9 Å². The molecule has 0 saturated carbocycles. The van der Waals surface area contributed by atoms with Gasteiger partial charge in [-0.05, 0) is 30.3 Å². The number of hydrogen-bond donors (Lipinski definition) is 1. The molecule has 2 aromatic carbocycles. The van der Waals surface area contributed by atoms with Gasteiger partial charge in [0.05, 0.1) is 0 Å². The molecule has 3 rings (SSSR count). The zero-order valence-electron chi connectivity index (χ0n) is 11.8. The Morgan fingerprint density at radius 1 is 1.32 bits per heavy atom. The lowest BCUT2D eigenvalue weighted by Crippen LogP contribution is -2.20. The van der Waals surface area contributed by atoms with Crippen LogP contribution in [0, 0.1) is 12.7 Å². The van der Waals surface area contributed by atoms with E-state index in [0.717, 1.165) is 0 Å². The number of halogens is 1. The molecule has 22 heavy (non-hydrogen) atoms. The summed E-state index contributed by atoms with van der Waals surface area (Å²) in [4.78, 5) is 16.0. The second-order valence-corrected chi connectivity index (χ2v) is 4.71. The van der Waals surface area contributed by atoms with E-state index < -0.39 is 5.82 Å². The van der Waals surface area contributed by atoms with Gasteiger partial charge >= 0.3 is 0 Å². The van der Waals surface area contributed by atoms with Gasteiger partial charge in [-0.1, -0.05) is 6.07 Å². The van der Waals surface area contributed by atoms with E-state index in [1.807, 2.05) is 0 Å². The molecule has 0 unspecified atom stereocenters. The zero-order chi connectivity index (χ0) is 15.5. The van der Waals surface area contributed by atoms with Crippen LogP contribution >= 0.6 is 0 Å². The van der Waals surface area contributed by atoms with E-state index in [9.17, 15) is 9.18 Å². The molecule has 0 aliphatic carbocycles.